The number of hydrogen-bond acceptors (Lipinski definition) is 5. The van der Waals surface area contributed by atoms with Crippen molar-refractivity contribution in [2.45, 2.75) is 52.0 Å². The first-order valence-corrected chi connectivity index (χ1v) is 7.43. The van der Waals surface area contributed by atoms with Crippen molar-refractivity contribution in [3.8, 4) is 0 Å². The van der Waals surface area contributed by atoms with Crippen LogP contribution < -0.4 is 10.6 Å². The maximum Gasteiger partial charge on any atom is 0.231 e. The van der Waals surface area contributed by atoms with Crippen molar-refractivity contribution in [1.29, 1.82) is 0 Å². The van der Waals surface area contributed by atoms with Gasteiger partial charge in [0.1, 0.15) is 0 Å². The summed E-state index contributed by atoms with van der Waals surface area (Å²) in [5.74, 6) is 1.48. The normalized spacial score (nSPS) is 18.3. The van der Waals surface area contributed by atoms with Crippen LogP contribution in [0.4, 0.5) is 11.9 Å². The van der Waals surface area contributed by atoms with E-state index in [9.17, 15) is 0 Å². The van der Waals surface area contributed by atoms with E-state index < -0.39 is 0 Å². The Bertz CT molecular complexity index is 399. The Balaban J connectivity index is 2.17. The molecular weight excluding hydrogens is 262 g/mol. The van der Waals surface area contributed by atoms with Gasteiger partial charge in [-0.3, -0.25) is 0 Å². The average molecular weight is 284 g/mol. The molecule has 1 heterocycles. The zero-order valence-electron chi connectivity index (χ0n) is 11.6. The Kier molecular flexibility index (Phi) is 4.80. The van der Waals surface area contributed by atoms with Crippen LogP contribution in [0, 0.1) is 5.92 Å². The number of nitrogens with zero attached hydrogens (tertiary/aromatic N) is 4. The number of nitrogens with two attached hydrogens (primary N) is 1. The van der Waals surface area contributed by atoms with Gasteiger partial charge in [0.05, 0.1) is 0 Å². The Morgan fingerprint density at radius 1 is 1.26 bits per heavy atom. The smallest absolute Gasteiger partial charge is 0.231 e. The summed E-state index contributed by atoms with van der Waals surface area (Å²) in [6, 6.07) is 0.406. The van der Waals surface area contributed by atoms with E-state index in [1.807, 2.05) is 0 Å². The molecule has 6 heteroatoms. The SMILES string of the molecule is CCN(c1nc(N)nc(Cl)n1)C(C)C1CCCCC1. The summed E-state index contributed by atoms with van der Waals surface area (Å²) in [5, 5.41) is 0.164. The van der Waals surface area contributed by atoms with Crippen molar-refractivity contribution >= 4 is 23.5 Å². The Labute approximate surface area is 119 Å². The Morgan fingerprint density at radius 3 is 2.53 bits per heavy atom. The van der Waals surface area contributed by atoms with Crippen LogP contribution >= 0.6 is 11.6 Å². The number of halogens is 1. The summed E-state index contributed by atoms with van der Waals surface area (Å²) in [4.78, 5) is 14.4. The molecule has 1 aromatic heterocycles. The van der Waals surface area contributed by atoms with Crippen molar-refractivity contribution < 1.29 is 0 Å². The Morgan fingerprint density at radius 2 is 1.95 bits per heavy atom. The molecule has 1 aromatic rings. The molecule has 0 aliphatic heterocycles. The number of nitrogen functional groups attached to an aromatic ring is 1. The van der Waals surface area contributed by atoms with E-state index in [4.69, 9.17) is 17.3 Å². The molecule has 0 aromatic carbocycles. The lowest BCUT2D eigenvalue weighted by Gasteiger charge is -2.36. The van der Waals surface area contributed by atoms with Gasteiger partial charge in [0.25, 0.3) is 0 Å². The van der Waals surface area contributed by atoms with Crippen LogP contribution in [0.2, 0.25) is 5.28 Å². The summed E-state index contributed by atoms with van der Waals surface area (Å²) >= 11 is 5.87. The van der Waals surface area contributed by atoms with Gasteiger partial charge in [-0.15, -0.1) is 0 Å². The van der Waals surface area contributed by atoms with Crippen LogP contribution in [0.3, 0.4) is 0 Å². The largest absolute Gasteiger partial charge is 0.368 e. The highest BCUT2D eigenvalue weighted by Crippen LogP contribution is 2.30. The van der Waals surface area contributed by atoms with E-state index >= 15 is 0 Å². The fraction of sp³-hybridized carbons (Fsp3) is 0.769. The summed E-state index contributed by atoms with van der Waals surface area (Å²) < 4.78 is 0. The first-order chi connectivity index (χ1) is 9.11. The predicted molar refractivity (Wildman–Crippen MR) is 78.3 cm³/mol. The fourth-order valence-electron chi connectivity index (χ4n) is 2.97. The predicted octanol–water partition coefficient (Wildman–Crippen LogP) is 2.90. The van der Waals surface area contributed by atoms with Gasteiger partial charge in [-0.25, -0.2) is 0 Å². The number of anilines is 2. The summed E-state index contributed by atoms with van der Waals surface area (Å²) in [6.07, 6.45) is 6.58. The zero-order valence-corrected chi connectivity index (χ0v) is 12.4. The van der Waals surface area contributed by atoms with Gasteiger partial charge in [-0.2, -0.15) is 15.0 Å². The number of hydrogen-bond donors (Lipinski definition) is 1. The van der Waals surface area contributed by atoms with Crippen molar-refractivity contribution in [3.05, 3.63) is 5.28 Å². The second-order valence-electron chi connectivity index (χ2n) is 5.19. The Hall–Kier alpha value is -1.10. The number of rotatable bonds is 4. The van der Waals surface area contributed by atoms with Gasteiger partial charge in [0.2, 0.25) is 17.2 Å². The third kappa shape index (κ3) is 3.47. The average Bonchev–Trinajstić information content (AvgIpc) is 2.39. The maximum absolute atomic E-state index is 5.87. The van der Waals surface area contributed by atoms with E-state index in [0.717, 1.165) is 6.54 Å². The second-order valence-corrected chi connectivity index (χ2v) is 5.53. The third-order valence-corrected chi connectivity index (χ3v) is 4.20. The topological polar surface area (TPSA) is 67.9 Å². The molecule has 2 N–H and O–H groups in total. The zero-order chi connectivity index (χ0) is 13.8. The standard InChI is InChI=1S/C13H22ClN5/c1-3-19(9(2)10-7-5-4-6-8-10)13-17-11(14)16-12(15)18-13/h9-10H,3-8H2,1-2H3,(H2,15,16,17,18). The van der Waals surface area contributed by atoms with Gasteiger partial charge in [0, 0.05) is 12.6 Å². The molecule has 1 unspecified atom stereocenters. The second kappa shape index (κ2) is 6.37. The van der Waals surface area contributed by atoms with Gasteiger partial charge in [-0.05, 0) is 44.2 Å². The molecule has 106 valence electrons. The molecule has 1 atom stereocenters. The van der Waals surface area contributed by atoms with Crippen LogP contribution in [0.15, 0.2) is 0 Å². The van der Waals surface area contributed by atoms with Gasteiger partial charge in [-0.1, -0.05) is 19.3 Å². The van der Waals surface area contributed by atoms with Gasteiger partial charge >= 0.3 is 0 Å². The van der Waals surface area contributed by atoms with Crippen LogP contribution in [-0.2, 0) is 0 Å². The van der Waals surface area contributed by atoms with E-state index in [0.29, 0.717) is 17.9 Å². The minimum absolute atomic E-state index is 0.164. The molecule has 1 saturated carbocycles. The van der Waals surface area contributed by atoms with E-state index in [-0.39, 0.29) is 11.2 Å². The molecule has 0 bridgehead atoms. The number of aromatic nitrogens is 3. The molecule has 0 spiro atoms. The van der Waals surface area contributed by atoms with Crippen LogP contribution in [0.5, 0.6) is 0 Å². The lowest BCUT2D eigenvalue weighted by atomic mass is 9.84. The lowest BCUT2D eigenvalue weighted by Crippen LogP contribution is -2.40. The first-order valence-electron chi connectivity index (χ1n) is 7.05. The molecule has 0 amide bonds. The molecule has 0 saturated heterocycles. The molecule has 2 rings (SSSR count). The summed E-state index contributed by atoms with van der Waals surface area (Å²) in [7, 11) is 0. The van der Waals surface area contributed by atoms with Crippen LogP contribution in [0.25, 0.3) is 0 Å². The maximum atomic E-state index is 5.87. The van der Waals surface area contributed by atoms with E-state index in [1.165, 1.54) is 32.1 Å². The molecule has 1 fully saturated rings. The van der Waals surface area contributed by atoms with Crippen molar-refractivity contribution in [2.24, 2.45) is 5.92 Å². The molecular formula is C13H22ClN5. The first kappa shape index (κ1) is 14.3. The molecule has 1 aliphatic rings. The molecule has 5 nitrogen and oxygen atoms in total. The highest BCUT2D eigenvalue weighted by atomic mass is 35.5. The van der Waals surface area contributed by atoms with Crippen LogP contribution in [0.1, 0.15) is 46.0 Å². The molecule has 1 aliphatic carbocycles. The quantitative estimate of drug-likeness (QED) is 0.920. The van der Waals surface area contributed by atoms with Gasteiger partial charge in [0.15, 0.2) is 0 Å². The lowest BCUT2D eigenvalue weighted by molar-refractivity contribution is 0.304. The highest BCUT2D eigenvalue weighted by molar-refractivity contribution is 6.28. The fourth-order valence-corrected chi connectivity index (χ4v) is 3.13. The van der Waals surface area contributed by atoms with E-state index in [2.05, 4.69) is 33.7 Å². The van der Waals surface area contributed by atoms with Crippen molar-refractivity contribution in [1.82, 2.24) is 15.0 Å². The molecule has 19 heavy (non-hydrogen) atoms. The minimum Gasteiger partial charge on any atom is -0.368 e. The summed E-state index contributed by atoms with van der Waals surface area (Å²) in [5.41, 5.74) is 5.66. The van der Waals surface area contributed by atoms with Crippen molar-refractivity contribution in [3.63, 3.8) is 0 Å². The van der Waals surface area contributed by atoms with Crippen molar-refractivity contribution in [2.75, 3.05) is 17.2 Å². The minimum atomic E-state index is 0.164. The van der Waals surface area contributed by atoms with E-state index in [1.54, 1.807) is 0 Å². The molecule has 0 radical (unpaired) electrons. The monoisotopic (exact) mass is 283 g/mol. The van der Waals surface area contributed by atoms with Crippen LogP contribution in [-0.4, -0.2) is 27.5 Å². The highest BCUT2D eigenvalue weighted by Gasteiger charge is 2.26. The summed E-state index contributed by atoms with van der Waals surface area (Å²) in [6.45, 7) is 5.19. The third-order valence-electron chi connectivity index (χ3n) is 4.03. The van der Waals surface area contributed by atoms with Gasteiger partial charge < -0.3 is 10.6 Å².